The summed E-state index contributed by atoms with van der Waals surface area (Å²) in [5, 5.41) is 17.5. The number of aliphatic carboxylic acids is 2. The fourth-order valence-corrected chi connectivity index (χ4v) is 2.30. The molecule has 0 rings (SSSR count). The van der Waals surface area contributed by atoms with Gasteiger partial charge in [0.25, 0.3) is 0 Å². The fourth-order valence-electron chi connectivity index (χ4n) is 2.30. The van der Waals surface area contributed by atoms with Crippen LogP contribution in [0.5, 0.6) is 0 Å². The maximum atomic E-state index is 10.9. The van der Waals surface area contributed by atoms with Gasteiger partial charge in [0.15, 0.2) is 0 Å². The quantitative estimate of drug-likeness (QED) is 0.336. The molecule has 1 unspecified atom stereocenters. The van der Waals surface area contributed by atoms with Gasteiger partial charge in [0.1, 0.15) is 0 Å². The van der Waals surface area contributed by atoms with Crippen LogP contribution in [0.3, 0.4) is 0 Å². The Balaban J connectivity index is 3.51. The van der Waals surface area contributed by atoms with Crippen LogP contribution in [0.25, 0.3) is 0 Å². The van der Waals surface area contributed by atoms with Crippen LogP contribution in [0.2, 0.25) is 0 Å². The summed E-state index contributed by atoms with van der Waals surface area (Å²) >= 11 is 0. The van der Waals surface area contributed by atoms with Gasteiger partial charge in [-0.2, -0.15) is 0 Å². The molecule has 0 heterocycles. The normalized spacial score (nSPS) is 12.4. The molecular weight excluding hydrogens is 280 g/mol. The van der Waals surface area contributed by atoms with Crippen molar-refractivity contribution in [3.05, 3.63) is 24.8 Å². The van der Waals surface area contributed by atoms with Gasteiger partial charge in [-0.1, -0.05) is 50.3 Å². The lowest BCUT2D eigenvalue weighted by Crippen LogP contribution is -2.16. The molecule has 0 saturated carbocycles. The predicted octanol–water partition coefficient (Wildman–Crippen LogP) is 4.81. The second-order valence-corrected chi connectivity index (χ2v) is 5.68. The summed E-state index contributed by atoms with van der Waals surface area (Å²) in [5.41, 5.74) is 0. The average Bonchev–Trinajstić information content (AvgIpc) is 2.46. The number of hydrogen-bond donors (Lipinski definition) is 2. The topological polar surface area (TPSA) is 74.6 Å². The molecule has 0 aliphatic carbocycles. The average molecular weight is 310 g/mol. The summed E-state index contributed by atoms with van der Waals surface area (Å²) in [6.45, 7) is 3.71. The summed E-state index contributed by atoms with van der Waals surface area (Å²) in [4.78, 5) is 21.4. The van der Waals surface area contributed by atoms with E-state index < -0.39 is 17.9 Å². The van der Waals surface area contributed by atoms with Crippen LogP contribution in [0.4, 0.5) is 0 Å². The second-order valence-electron chi connectivity index (χ2n) is 5.68. The zero-order chi connectivity index (χ0) is 16.6. The van der Waals surface area contributed by atoms with E-state index in [1.807, 2.05) is 12.2 Å². The first-order valence-electron chi connectivity index (χ1n) is 8.28. The third-order valence-corrected chi connectivity index (χ3v) is 3.64. The molecule has 0 aliphatic rings. The third-order valence-electron chi connectivity index (χ3n) is 3.64. The Bertz CT molecular complexity index is 347. The van der Waals surface area contributed by atoms with Gasteiger partial charge < -0.3 is 10.2 Å². The Morgan fingerprint density at radius 2 is 1.41 bits per heavy atom. The van der Waals surface area contributed by atoms with Crippen LogP contribution in [0.1, 0.15) is 70.6 Å². The number of hydrogen-bond acceptors (Lipinski definition) is 2. The van der Waals surface area contributed by atoms with E-state index in [1.54, 1.807) is 6.08 Å². The Morgan fingerprint density at radius 3 is 1.91 bits per heavy atom. The van der Waals surface area contributed by atoms with Crippen molar-refractivity contribution in [1.29, 1.82) is 0 Å². The highest BCUT2D eigenvalue weighted by Gasteiger charge is 2.18. The van der Waals surface area contributed by atoms with Gasteiger partial charge in [-0.25, -0.2) is 0 Å². The van der Waals surface area contributed by atoms with E-state index in [-0.39, 0.29) is 6.42 Å². The molecular formula is C18H30O4. The van der Waals surface area contributed by atoms with Crippen molar-refractivity contribution >= 4 is 11.9 Å². The van der Waals surface area contributed by atoms with Gasteiger partial charge in [-0.15, -0.1) is 6.58 Å². The molecule has 1 atom stereocenters. The number of carboxylic acids is 2. The lowest BCUT2D eigenvalue weighted by molar-refractivity contribution is -0.148. The molecule has 0 aromatic carbocycles. The Kier molecular flexibility index (Phi) is 13.3. The summed E-state index contributed by atoms with van der Waals surface area (Å²) < 4.78 is 0. The van der Waals surface area contributed by atoms with Crippen molar-refractivity contribution < 1.29 is 19.8 Å². The number of rotatable bonds is 15. The second kappa shape index (κ2) is 14.4. The highest BCUT2D eigenvalue weighted by Crippen LogP contribution is 2.12. The first-order valence-corrected chi connectivity index (χ1v) is 8.28. The Labute approximate surface area is 133 Å². The Hall–Kier alpha value is -1.58. The molecule has 0 aliphatic heterocycles. The number of allylic oxidation sites excluding steroid dienone is 3. The maximum absolute atomic E-state index is 10.9. The van der Waals surface area contributed by atoms with Crippen LogP contribution in [-0.2, 0) is 9.59 Å². The predicted molar refractivity (Wildman–Crippen MR) is 88.9 cm³/mol. The minimum absolute atomic E-state index is 0.297. The number of carbonyl (C=O) groups is 2. The summed E-state index contributed by atoms with van der Waals surface area (Å²) in [6.07, 6.45) is 16.4. The number of carboxylic acid groups (broad SMARTS) is 2. The maximum Gasteiger partial charge on any atom is 0.307 e. The molecule has 0 spiro atoms. The largest absolute Gasteiger partial charge is 0.481 e. The summed E-state index contributed by atoms with van der Waals surface area (Å²) in [7, 11) is 0. The van der Waals surface area contributed by atoms with Crippen molar-refractivity contribution in [2.24, 2.45) is 5.92 Å². The van der Waals surface area contributed by atoms with Gasteiger partial charge in [0.2, 0.25) is 0 Å². The highest BCUT2D eigenvalue weighted by atomic mass is 16.4. The molecule has 0 bridgehead atoms. The molecule has 0 fully saturated rings. The van der Waals surface area contributed by atoms with E-state index in [4.69, 9.17) is 10.2 Å². The van der Waals surface area contributed by atoms with Crippen molar-refractivity contribution in [3.63, 3.8) is 0 Å². The van der Waals surface area contributed by atoms with E-state index in [1.165, 1.54) is 38.5 Å². The smallest absolute Gasteiger partial charge is 0.307 e. The van der Waals surface area contributed by atoms with Crippen LogP contribution in [0.15, 0.2) is 24.8 Å². The van der Waals surface area contributed by atoms with E-state index in [0.717, 1.165) is 19.3 Å². The van der Waals surface area contributed by atoms with Crippen LogP contribution < -0.4 is 0 Å². The zero-order valence-electron chi connectivity index (χ0n) is 13.5. The standard InChI is InChI=1S/C18H30O4/c1-2-3-4-5-6-7-8-9-10-11-12-13-14-16(18(21)22)15-17(19)20/h2,12-13,16H,1,3-11,14-15H2,(H,19,20)(H,21,22)/b13-12+. The molecule has 22 heavy (non-hydrogen) atoms. The summed E-state index contributed by atoms with van der Waals surface area (Å²) in [6, 6.07) is 0. The summed E-state index contributed by atoms with van der Waals surface area (Å²) in [5.74, 6) is -2.92. The SMILES string of the molecule is C=CCCCCCCCCC/C=C/CC(CC(=O)O)C(=O)O. The van der Waals surface area contributed by atoms with Gasteiger partial charge in [0, 0.05) is 0 Å². The lowest BCUT2D eigenvalue weighted by atomic mass is 10.0. The molecule has 2 N–H and O–H groups in total. The molecule has 4 heteroatoms. The van der Waals surface area contributed by atoms with E-state index in [2.05, 4.69) is 6.58 Å². The molecule has 0 aromatic rings. The van der Waals surface area contributed by atoms with Gasteiger partial charge in [0.05, 0.1) is 12.3 Å². The van der Waals surface area contributed by atoms with Gasteiger partial charge >= 0.3 is 11.9 Å². The van der Waals surface area contributed by atoms with E-state index in [0.29, 0.717) is 6.42 Å². The van der Waals surface area contributed by atoms with Gasteiger partial charge in [-0.3, -0.25) is 9.59 Å². The molecule has 0 saturated heterocycles. The van der Waals surface area contributed by atoms with Crippen molar-refractivity contribution in [3.8, 4) is 0 Å². The van der Waals surface area contributed by atoms with Gasteiger partial charge in [-0.05, 0) is 32.1 Å². The lowest BCUT2D eigenvalue weighted by Gasteiger charge is -2.05. The molecule has 0 radical (unpaired) electrons. The minimum atomic E-state index is -1.06. The molecule has 4 nitrogen and oxygen atoms in total. The minimum Gasteiger partial charge on any atom is -0.481 e. The van der Waals surface area contributed by atoms with Crippen LogP contribution >= 0.6 is 0 Å². The van der Waals surface area contributed by atoms with Crippen molar-refractivity contribution in [2.75, 3.05) is 0 Å². The fraction of sp³-hybridized carbons (Fsp3) is 0.667. The van der Waals surface area contributed by atoms with E-state index in [9.17, 15) is 9.59 Å². The number of unbranched alkanes of at least 4 members (excludes halogenated alkanes) is 8. The first kappa shape index (κ1) is 20.4. The van der Waals surface area contributed by atoms with Crippen LogP contribution in [-0.4, -0.2) is 22.2 Å². The molecule has 126 valence electrons. The molecule has 0 amide bonds. The molecule has 0 aromatic heterocycles. The Morgan fingerprint density at radius 1 is 0.864 bits per heavy atom. The highest BCUT2D eigenvalue weighted by molar-refractivity contribution is 5.77. The van der Waals surface area contributed by atoms with Crippen LogP contribution in [0, 0.1) is 5.92 Å². The zero-order valence-corrected chi connectivity index (χ0v) is 13.5. The van der Waals surface area contributed by atoms with Crippen molar-refractivity contribution in [2.45, 2.75) is 70.6 Å². The first-order chi connectivity index (χ1) is 10.6. The monoisotopic (exact) mass is 310 g/mol. The third kappa shape index (κ3) is 13.4. The van der Waals surface area contributed by atoms with Crippen molar-refractivity contribution in [1.82, 2.24) is 0 Å². The van der Waals surface area contributed by atoms with E-state index >= 15 is 0 Å².